The number of rotatable bonds is 9. The predicted molar refractivity (Wildman–Crippen MR) is 86.1 cm³/mol. The van der Waals surface area contributed by atoms with Gasteiger partial charge < -0.3 is 10.2 Å². The molecule has 1 heterocycles. The zero-order valence-corrected chi connectivity index (χ0v) is 13.8. The molecule has 0 saturated carbocycles. The molecule has 5 nitrogen and oxygen atoms in total. The van der Waals surface area contributed by atoms with Gasteiger partial charge in [-0.25, -0.2) is 4.79 Å². The third kappa shape index (κ3) is 4.68. The Kier molecular flexibility index (Phi) is 7.28. The smallest absolute Gasteiger partial charge is 0.333 e. The lowest BCUT2D eigenvalue weighted by Gasteiger charge is -2.29. The van der Waals surface area contributed by atoms with Gasteiger partial charge in [-0.15, -0.1) is 0 Å². The molecule has 22 heavy (non-hydrogen) atoms. The molecule has 0 aromatic carbocycles. The predicted octanol–water partition coefficient (Wildman–Crippen LogP) is 3.89. The number of aliphatic carboxylic acids is 2. The Morgan fingerprint density at radius 2 is 1.64 bits per heavy atom. The van der Waals surface area contributed by atoms with Crippen LogP contribution in [0.15, 0.2) is 16.3 Å². The number of allylic oxidation sites excluding steroid dienone is 1. The van der Waals surface area contributed by atoms with Crippen molar-refractivity contribution in [1.29, 1.82) is 0 Å². The van der Waals surface area contributed by atoms with E-state index in [1.165, 1.54) is 19.3 Å². The topological polar surface area (TPSA) is 87.0 Å². The highest BCUT2D eigenvalue weighted by Crippen LogP contribution is 2.35. The molecule has 0 aromatic heterocycles. The van der Waals surface area contributed by atoms with Gasteiger partial charge in [0.05, 0.1) is 5.57 Å². The van der Waals surface area contributed by atoms with Crippen LogP contribution < -0.4 is 0 Å². The molecule has 0 aromatic rings. The molecule has 1 aliphatic rings. The van der Waals surface area contributed by atoms with Gasteiger partial charge >= 0.3 is 11.9 Å². The van der Waals surface area contributed by atoms with Gasteiger partial charge in [0, 0.05) is 17.3 Å². The Labute approximate surface area is 132 Å². The Hall–Kier alpha value is -1.65. The van der Waals surface area contributed by atoms with Crippen molar-refractivity contribution in [1.82, 2.24) is 0 Å². The number of unbranched alkanes of at least 4 members (excludes halogenated alkanes) is 5. The summed E-state index contributed by atoms with van der Waals surface area (Å²) in [5.74, 6) is -3.32. The Morgan fingerprint density at radius 1 is 1.05 bits per heavy atom. The van der Waals surface area contributed by atoms with E-state index in [2.05, 4.69) is 11.9 Å². The molecule has 5 heteroatoms. The van der Waals surface area contributed by atoms with Crippen molar-refractivity contribution in [3.63, 3.8) is 0 Å². The van der Waals surface area contributed by atoms with E-state index in [9.17, 15) is 19.8 Å². The number of carboxylic acids is 2. The van der Waals surface area contributed by atoms with E-state index >= 15 is 0 Å². The first-order valence-corrected chi connectivity index (χ1v) is 8.12. The largest absolute Gasteiger partial charge is 0.481 e. The molecule has 1 rings (SSSR count). The zero-order chi connectivity index (χ0) is 16.7. The quantitative estimate of drug-likeness (QED) is 0.633. The van der Waals surface area contributed by atoms with Crippen molar-refractivity contribution in [2.24, 2.45) is 16.8 Å². The van der Waals surface area contributed by atoms with Crippen molar-refractivity contribution >= 4 is 17.7 Å². The third-order valence-electron chi connectivity index (χ3n) is 4.32. The number of nitrogens with zero attached hydrogens (tertiary/aromatic N) is 1. The number of hydrogen-bond acceptors (Lipinski definition) is 3. The van der Waals surface area contributed by atoms with E-state index in [-0.39, 0.29) is 5.57 Å². The monoisotopic (exact) mass is 309 g/mol. The summed E-state index contributed by atoms with van der Waals surface area (Å²) in [5, 5.41) is 18.9. The minimum absolute atomic E-state index is 0.173. The molecule has 2 N–H and O–H groups in total. The van der Waals surface area contributed by atoms with Gasteiger partial charge in [-0.1, -0.05) is 45.4 Å². The van der Waals surface area contributed by atoms with Crippen LogP contribution in [0.5, 0.6) is 0 Å². The SMILES string of the molecule is CCCCCCCCC1C(C(=O)O)=C(C)N=C(C)C1C(=O)O. The summed E-state index contributed by atoms with van der Waals surface area (Å²) in [4.78, 5) is 27.2. The molecular weight excluding hydrogens is 282 g/mol. The molecule has 0 saturated heterocycles. The second-order valence-electron chi connectivity index (χ2n) is 6.04. The highest BCUT2D eigenvalue weighted by atomic mass is 16.4. The Balaban J connectivity index is 2.78. The summed E-state index contributed by atoms with van der Waals surface area (Å²) < 4.78 is 0. The van der Waals surface area contributed by atoms with E-state index < -0.39 is 23.8 Å². The summed E-state index contributed by atoms with van der Waals surface area (Å²) in [6, 6.07) is 0. The molecule has 124 valence electrons. The highest BCUT2D eigenvalue weighted by molar-refractivity contribution is 6.04. The van der Waals surface area contributed by atoms with Gasteiger partial charge in [-0.3, -0.25) is 9.79 Å². The average Bonchev–Trinajstić information content (AvgIpc) is 2.41. The number of carboxylic acid groups (broad SMARTS) is 2. The van der Waals surface area contributed by atoms with Crippen LogP contribution in [-0.4, -0.2) is 27.9 Å². The minimum atomic E-state index is -1.05. The van der Waals surface area contributed by atoms with Crippen LogP contribution in [0, 0.1) is 11.8 Å². The summed E-state index contributed by atoms with van der Waals surface area (Å²) in [5.41, 5.74) is 1.12. The summed E-state index contributed by atoms with van der Waals surface area (Å²) in [6.07, 6.45) is 7.17. The maximum atomic E-state index is 11.5. The zero-order valence-electron chi connectivity index (χ0n) is 13.8. The number of carbonyl (C=O) groups is 2. The van der Waals surface area contributed by atoms with E-state index in [1.807, 2.05) is 0 Å². The van der Waals surface area contributed by atoms with E-state index in [0.29, 0.717) is 17.8 Å². The molecule has 2 atom stereocenters. The van der Waals surface area contributed by atoms with Crippen molar-refractivity contribution in [3.8, 4) is 0 Å². The summed E-state index contributed by atoms with van der Waals surface area (Å²) in [6.45, 7) is 5.49. The second-order valence-corrected chi connectivity index (χ2v) is 6.04. The standard InChI is InChI=1S/C17H27NO4/c1-4-5-6-7-8-9-10-13-14(16(19)20)11(2)18-12(3)15(13)17(21)22/h13-14H,4-10H2,1-3H3,(H,19,20)(H,21,22). The van der Waals surface area contributed by atoms with E-state index in [0.717, 1.165) is 19.3 Å². The van der Waals surface area contributed by atoms with E-state index in [1.54, 1.807) is 13.8 Å². The Morgan fingerprint density at radius 3 is 2.18 bits per heavy atom. The second kappa shape index (κ2) is 8.71. The molecule has 0 aliphatic carbocycles. The molecule has 0 fully saturated rings. The number of aliphatic imine (C=N–C) groups is 1. The third-order valence-corrected chi connectivity index (χ3v) is 4.32. The van der Waals surface area contributed by atoms with Crippen LogP contribution >= 0.6 is 0 Å². The molecule has 1 aliphatic heterocycles. The molecule has 2 unspecified atom stereocenters. The number of hydrogen-bond donors (Lipinski definition) is 2. The first-order chi connectivity index (χ1) is 10.4. The lowest BCUT2D eigenvalue weighted by molar-refractivity contribution is -0.141. The maximum Gasteiger partial charge on any atom is 0.333 e. The minimum Gasteiger partial charge on any atom is -0.481 e. The van der Waals surface area contributed by atoms with Gasteiger partial charge in [-0.05, 0) is 20.3 Å². The lowest BCUT2D eigenvalue weighted by Crippen LogP contribution is -2.36. The normalized spacial score (nSPS) is 21.7. The van der Waals surface area contributed by atoms with Crippen molar-refractivity contribution in [2.75, 3.05) is 0 Å². The maximum absolute atomic E-state index is 11.5. The van der Waals surface area contributed by atoms with Gasteiger partial charge in [0.25, 0.3) is 0 Å². The van der Waals surface area contributed by atoms with Gasteiger partial charge in [0.15, 0.2) is 0 Å². The first kappa shape index (κ1) is 18.4. The fourth-order valence-corrected chi connectivity index (χ4v) is 3.24. The molecule has 0 amide bonds. The molecule has 0 spiro atoms. The van der Waals surface area contributed by atoms with E-state index in [4.69, 9.17) is 0 Å². The average molecular weight is 309 g/mol. The summed E-state index contributed by atoms with van der Waals surface area (Å²) >= 11 is 0. The van der Waals surface area contributed by atoms with Gasteiger partial charge in [-0.2, -0.15) is 0 Å². The van der Waals surface area contributed by atoms with Gasteiger partial charge in [0.2, 0.25) is 0 Å². The highest BCUT2D eigenvalue weighted by Gasteiger charge is 2.39. The first-order valence-electron chi connectivity index (χ1n) is 8.12. The van der Waals surface area contributed by atoms with Crippen LogP contribution in [-0.2, 0) is 9.59 Å². The molecule has 0 radical (unpaired) electrons. The fraction of sp³-hybridized carbons (Fsp3) is 0.706. The summed E-state index contributed by atoms with van der Waals surface area (Å²) in [7, 11) is 0. The fourth-order valence-electron chi connectivity index (χ4n) is 3.24. The van der Waals surface area contributed by atoms with Crippen LogP contribution in [0.3, 0.4) is 0 Å². The molecular formula is C17H27NO4. The van der Waals surface area contributed by atoms with Crippen LogP contribution in [0.25, 0.3) is 0 Å². The van der Waals surface area contributed by atoms with Crippen LogP contribution in [0.4, 0.5) is 0 Å². The van der Waals surface area contributed by atoms with Crippen LogP contribution in [0.2, 0.25) is 0 Å². The van der Waals surface area contributed by atoms with Crippen molar-refractivity contribution < 1.29 is 19.8 Å². The van der Waals surface area contributed by atoms with Gasteiger partial charge in [0.1, 0.15) is 5.92 Å². The van der Waals surface area contributed by atoms with Crippen LogP contribution in [0.1, 0.15) is 65.7 Å². The molecule has 0 bridgehead atoms. The van der Waals surface area contributed by atoms with Crippen molar-refractivity contribution in [2.45, 2.75) is 65.7 Å². The Bertz CT molecular complexity index is 479. The van der Waals surface area contributed by atoms with Crippen molar-refractivity contribution in [3.05, 3.63) is 11.3 Å². The lowest BCUT2D eigenvalue weighted by atomic mass is 9.77.